The summed E-state index contributed by atoms with van der Waals surface area (Å²) in [6, 6.07) is 17.9. The van der Waals surface area contributed by atoms with Gasteiger partial charge in [-0.3, -0.25) is 9.59 Å². The van der Waals surface area contributed by atoms with Crippen LogP contribution in [0.15, 0.2) is 71.8 Å². The van der Waals surface area contributed by atoms with Crippen LogP contribution in [0.4, 0.5) is 0 Å². The van der Waals surface area contributed by atoms with Crippen LogP contribution in [-0.4, -0.2) is 51.4 Å². The number of esters is 1. The SMILES string of the molecule is CCOc1ccc(C(=O)Oc2ccc(/C=N/NC(=O)CNC(=O)c3ccc(OC)c(OC)c3)cc2)cc1. The molecule has 0 aromatic heterocycles. The van der Waals surface area contributed by atoms with Crippen LogP contribution in [0.2, 0.25) is 0 Å². The molecule has 0 fully saturated rings. The molecule has 0 aliphatic heterocycles. The fourth-order valence-corrected chi connectivity index (χ4v) is 3.10. The van der Waals surface area contributed by atoms with Gasteiger partial charge < -0.3 is 24.3 Å². The third-order valence-corrected chi connectivity index (χ3v) is 4.95. The molecule has 0 radical (unpaired) electrons. The van der Waals surface area contributed by atoms with E-state index in [9.17, 15) is 14.4 Å². The van der Waals surface area contributed by atoms with Crippen LogP contribution in [0.1, 0.15) is 33.2 Å². The molecule has 0 aliphatic carbocycles. The van der Waals surface area contributed by atoms with Crippen LogP contribution in [0.25, 0.3) is 0 Å². The predicted molar refractivity (Wildman–Crippen MR) is 137 cm³/mol. The number of hydrogen-bond acceptors (Lipinski definition) is 8. The second kappa shape index (κ2) is 13.3. The Morgan fingerprint density at radius 3 is 2.14 bits per heavy atom. The molecule has 10 nitrogen and oxygen atoms in total. The van der Waals surface area contributed by atoms with Crippen molar-refractivity contribution in [3.63, 3.8) is 0 Å². The maximum Gasteiger partial charge on any atom is 0.343 e. The van der Waals surface area contributed by atoms with Crippen LogP contribution in [0.3, 0.4) is 0 Å². The van der Waals surface area contributed by atoms with Crippen molar-refractivity contribution < 1.29 is 33.3 Å². The first kappa shape index (κ1) is 26.7. The van der Waals surface area contributed by atoms with Gasteiger partial charge >= 0.3 is 5.97 Å². The van der Waals surface area contributed by atoms with Gasteiger partial charge in [-0.15, -0.1) is 0 Å². The van der Waals surface area contributed by atoms with Crippen LogP contribution in [0.5, 0.6) is 23.0 Å². The standard InChI is InChI=1S/C27H27N3O7/c1-4-36-21-12-7-19(8-13-21)27(33)37-22-10-5-18(6-11-22)16-29-30-25(31)17-28-26(32)20-9-14-23(34-2)24(15-20)35-3/h5-16H,4,17H2,1-3H3,(H,28,32)(H,30,31)/b29-16+. The Bertz CT molecular complexity index is 1260. The van der Waals surface area contributed by atoms with Gasteiger partial charge in [-0.1, -0.05) is 0 Å². The highest BCUT2D eigenvalue weighted by atomic mass is 16.5. The van der Waals surface area contributed by atoms with Gasteiger partial charge in [0.2, 0.25) is 0 Å². The Morgan fingerprint density at radius 1 is 0.838 bits per heavy atom. The summed E-state index contributed by atoms with van der Waals surface area (Å²) in [5.41, 5.74) is 3.71. The van der Waals surface area contributed by atoms with Crippen molar-refractivity contribution in [2.45, 2.75) is 6.92 Å². The lowest BCUT2D eigenvalue weighted by Gasteiger charge is -2.09. The Hall–Kier alpha value is -4.86. The summed E-state index contributed by atoms with van der Waals surface area (Å²) >= 11 is 0. The van der Waals surface area contributed by atoms with Crippen LogP contribution >= 0.6 is 0 Å². The van der Waals surface area contributed by atoms with Crippen molar-refractivity contribution >= 4 is 24.0 Å². The molecule has 192 valence electrons. The number of nitrogens with one attached hydrogen (secondary N) is 2. The Balaban J connectivity index is 1.45. The van der Waals surface area contributed by atoms with Gasteiger partial charge in [0.1, 0.15) is 11.5 Å². The highest BCUT2D eigenvalue weighted by Gasteiger charge is 2.12. The number of amides is 2. The Kier molecular flexibility index (Phi) is 9.60. The van der Waals surface area contributed by atoms with Gasteiger partial charge in [0.15, 0.2) is 11.5 Å². The molecule has 2 amide bonds. The lowest BCUT2D eigenvalue weighted by Crippen LogP contribution is -2.34. The number of rotatable bonds is 11. The average Bonchev–Trinajstić information content (AvgIpc) is 2.92. The summed E-state index contributed by atoms with van der Waals surface area (Å²) in [5.74, 6) is 0.479. The van der Waals surface area contributed by atoms with Crippen molar-refractivity contribution in [2.75, 3.05) is 27.4 Å². The average molecular weight is 506 g/mol. The normalized spacial score (nSPS) is 10.5. The van der Waals surface area contributed by atoms with E-state index in [1.165, 1.54) is 26.5 Å². The second-order valence-corrected chi connectivity index (χ2v) is 7.46. The van der Waals surface area contributed by atoms with Gasteiger partial charge in [0.05, 0.1) is 39.1 Å². The molecule has 0 saturated carbocycles. The molecule has 10 heteroatoms. The summed E-state index contributed by atoms with van der Waals surface area (Å²) < 4.78 is 21.0. The molecule has 0 heterocycles. The van der Waals surface area contributed by atoms with Crippen molar-refractivity contribution in [3.8, 4) is 23.0 Å². The van der Waals surface area contributed by atoms with Crippen LogP contribution in [0, 0.1) is 0 Å². The third-order valence-electron chi connectivity index (χ3n) is 4.95. The molecule has 0 spiro atoms. The van der Waals surface area contributed by atoms with Gasteiger partial charge in [0.25, 0.3) is 11.8 Å². The number of carbonyl (C=O) groups excluding carboxylic acids is 3. The molecule has 0 bridgehead atoms. The first-order chi connectivity index (χ1) is 17.9. The van der Waals surface area contributed by atoms with Gasteiger partial charge in [-0.2, -0.15) is 5.10 Å². The highest BCUT2D eigenvalue weighted by Crippen LogP contribution is 2.27. The minimum atomic E-state index is -0.508. The quantitative estimate of drug-likeness (QED) is 0.177. The summed E-state index contributed by atoms with van der Waals surface area (Å²) in [5, 5.41) is 6.38. The molecular weight excluding hydrogens is 478 g/mol. The van der Waals surface area contributed by atoms with Crippen LogP contribution < -0.4 is 29.7 Å². The van der Waals surface area contributed by atoms with E-state index in [4.69, 9.17) is 18.9 Å². The van der Waals surface area contributed by atoms with Gasteiger partial charge in [0, 0.05) is 5.56 Å². The maximum atomic E-state index is 12.3. The second-order valence-electron chi connectivity index (χ2n) is 7.46. The zero-order valence-corrected chi connectivity index (χ0v) is 20.6. The Morgan fingerprint density at radius 2 is 1.49 bits per heavy atom. The molecule has 0 aliphatic rings. The number of benzene rings is 3. The summed E-state index contributed by atoms with van der Waals surface area (Å²) in [7, 11) is 2.96. The van der Waals surface area contributed by atoms with E-state index < -0.39 is 17.8 Å². The van der Waals surface area contributed by atoms with E-state index in [-0.39, 0.29) is 6.54 Å². The fraction of sp³-hybridized carbons (Fsp3) is 0.185. The van der Waals surface area contributed by atoms with Crippen molar-refractivity contribution in [3.05, 3.63) is 83.4 Å². The topological polar surface area (TPSA) is 125 Å². The number of nitrogens with zero attached hydrogens (tertiary/aromatic N) is 1. The van der Waals surface area contributed by atoms with Crippen molar-refractivity contribution in [1.82, 2.24) is 10.7 Å². The third kappa shape index (κ3) is 7.82. The highest BCUT2D eigenvalue weighted by molar-refractivity contribution is 5.97. The number of carbonyl (C=O) groups is 3. The number of methoxy groups -OCH3 is 2. The molecule has 0 unspecified atom stereocenters. The van der Waals surface area contributed by atoms with Crippen molar-refractivity contribution in [1.29, 1.82) is 0 Å². The molecule has 0 saturated heterocycles. The van der Waals surface area contributed by atoms with E-state index in [0.29, 0.717) is 46.3 Å². The first-order valence-electron chi connectivity index (χ1n) is 11.3. The summed E-state index contributed by atoms with van der Waals surface area (Å²) in [6.07, 6.45) is 1.42. The number of hydrazone groups is 1. The van der Waals surface area contributed by atoms with Gasteiger partial charge in [-0.25, -0.2) is 10.2 Å². The molecular formula is C27H27N3O7. The molecule has 37 heavy (non-hydrogen) atoms. The van der Waals surface area contributed by atoms with E-state index in [2.05, 4.69) is 15.8 Å². The molecule has 3 rings (SSSR count). The van der Waals surface area contributed by atoms with E-state index >= 15 is 0 Å². The predicted octanol–water partition coefficient (Wildman–Crippen LogP) is 3.20. The Labute approximate surface area is 214 Å². The monoisotopic (exact) mass is 505 g/mol. The smallest absolute Gasteiger partial charge is 0.343 e. The van der Waals surface area contributed by atoms with Crippen LogP contribution in [-0.2, 0) is 4.79 Å². The lowest BCUT2D eigenvalue weighted by molar-refractivity contribution is -0.120. The zero-order chi connectivity index (χ0) is 26.6. The number of ether oxygens (including phenoxy) is 4. The minimum absolute atomic E-state index is 0.273. The van der Waals surface area contributed by atoms with E-state index in [0.717, 1.165) is 0 Å². The summed E-state index contributed by atoms with van der Waals surface area (Å²) in [6.45, 7) is 2.15. The fourth-order valence-electron chi connectivity index (χ4n) is 3.10. The van der Waals surface area contributed by atoms with Crippen molar-refractivity contribution in [2.24, 2.45) is 5.10 Å². The minimum Gasteiger partial charge on any atom is -0.494 e. The maximum absolute atomic E-state index is 12.3. The van der Waals surface area contributed by atoms with E-state index in [1.807, 2.05) is 6.92 Å². The van der Waals surface area contributed by atoms with Gasteiger partial charge in [-0.05, 0) is 79.2 Å². The molecule has 0 atom stereocenters. The molecule has 2 N–H and O–H groups in total. The zero-order valence-electron chi connectivity index (χ0n) is 20.6. The largest absolute Gasteiger partial charge is 0.494 e. The number of hydrogen-bond donors (Lipinski definition) is 2. The first-order valence-corrected chi connectivity index (χ1v) is 11.3. The van der Waals surface area contributed by atoms with E-state index in [1.54, 1.807) is 60.7 Å². The molecule has 3 aromatic carbocycles. The molecule has 3 aromatic rings. The summed E-state index contributed by atoms with van der Waals surface area (Å²) in [4.78, 5) is 36.6. The lowest BCUT2D eigenvalue weighted by atomic mass is 10.2.